The van der Waals surface area contributed by atoms with E-state index in [0.29, 0.717) is 18.8 Å². The van der Waals surface area contributed by atoms with Crippen LogP contribution in [0.4, 0.5) is 0 Å². The summed E-state index contributed by atoms with van der Waals surface area (Å²) in [6.07, 6.45) is 9.21. The summed E-state index contributed by atoms with van der Waals surface area (Å²) in [5.74, 6) is 0. The molecule has 0 aliphatic carbocycles. The minimum absolute atomic E-state index is 0.533. The second-order valence-corrected chi connectivity index (χ2v) is 3.95. The Bertz CT molecular complexity index is 156. The first-order chi connectivity index (χ1) is 6.84. The Labute approximate surface area is 87.3 Å². The van der Waals surface area contributed by atoms with Crippen molar-refractivity contribution >= 4 is 0 Å². The zero-order valence-electron chi connectivity index (χ0n) is 9.21. The summed E-state index contributed by atoms with van der Waals surface area (Å²) in [5, 5.41) is 0. The van der Waals surface area contributed by atoms with Crippen molar-refractivity contribution in [3.05, 3.63) is 12.7 Å². The molecule has 0 radical (unpaired) electrons. The standard InChI is InChI=1S/C12H22O2/c1-3-9-13-10-7-5-4-6-8-12-11(2)14-12/h3,11-12H,1,4-10H2,2H3. The molecule has 2 nitrogen and oxygen atoms in total. The van der Waals surface area contributed by atoms with Crippen LogP contribution in [0.5, 0.6) is 0 Å². The molecule has 0 aromatic carbocycles. The quantitative estimate of drug-likeness (QED) is 0.323. The van der Waals surface area contributed by atoms with Gasteiger partial charge >= 0.3 is 0 Å². The van der Waals surface area contributed by atoms with Crippen molar-refractivity contribution in [3.8, 4) is 0 Å². The van der Waals surface area contributed by atoms with Gasteiger partial charge in [0.15, 0.2) is 0 Å². The van der Waals surface area contributed by atoms with E-state index in [-0.39, 0.29) is 0 Å². The van der Waals surface area contributed by atoms with E-state index in [1.807, 2.05) is 0 Å². The van der Waals surface area contributed by atoms with E-state index < -0.39 is 0 Å². The second-order valence-electron chi connectivity index (χ2n) is 3.95. The van der Waals surface area contributed by atoms with Gasteiger partial charge in [-0.1, -0.05) is 25.3 Å². The molecule has 0 amide bonds. The number of hydrogen-bond acceptors (Lipinski definition) is 2. The van der Waals surface area contributed by atoms with Gasteiger partial charge in [-0.05, 0) is 19.8 Å². The molecular weight excluding hydrogens is 176 g/mol. The minimum atomic E-state index is 0.533. The Morgan fingerprint density at radius 2 is 2.00 bits per heavy atom. The normalized spacial score (nSPS) is 24.9. The van der Waals surface area contributed by atoms with Crippen LogP contribution in [0, 0.1) is 0 Å². The molecule has 0 aromatic rings. The van der Waals surface area contributed by atoms with Gasteiger partial charge in [0.1, 0.15) is 0 Å². The summed E-state index contributed by atoms with van der Waals surface area (Å²) in [6, 6.07) is 0. The van der Waals surface area contributed by atoms with E-state index in [0.717, 1.165) is 6.61 Å². The van der Waals surface area contributed by atoms with Crippen LogP contribution in [0.1, 0.15) is 39.0 Å². The molecule has 0 N–H and O–H groups in total. The summed E-state index contributed by atoms with van der Waals surface area (Å²) in [7, 11) is 0. The lowest BCUT2D eigenvalue weighted by molar-refractivity contribution is 0.157. The molecule has 1 aliphatic rings. The predicted octanol–water partition coefficient (Wildman–Crippen LogP) is 2.93. The SMILES string of the molecule is C=CCOCCCCCCC1OC1C. The summed E-state index contributed by atoms with van der Waals surface area (Å²) in [4.78, 5) is 0. The van der Waals surface area contributed by atoms with Crippen molar-refractivity contribution in [2.45, 2.75) is 51.2 Å². The Hall–Kier alpha value is -0.340. The fourth-order valence-electron chi connectivity index (χ4n) is 1.60. The molecular formula is C12H22O2. The van der Waals surface area contributed by atoms with Crippen molar-refractivity contribution in [2.75, 3.05) is 13.2 Å². The molecule has 1 rings (SSSR count). The van der Waals surface area contributed by atoms with E-state index >= 15 is 0 Å². The van der Waals surface area contributed by atoms with Crippen LogP contribution in [-0.2, 0) is 9.47 Å². The molecule has 1 saturated heterocycles. The minimum Gasteiger partial charge on any atom is -0.377 e. The third kappa shape index (κ3) is 5.40. The first-order valence-corrected chi connectivity index (χ1v) is 5.68. The number of unbranched alkanes of at least 4 members (excludes halogenated alkanes) is 3. The van der Waals surface area contributed by atoms with Gasteiger partial charge < -0.3 is 9.47 Å². The van der Waals surface area contributed by atoms with E-state index in [2.05, 4.69) is 13.5 Å². The maximum absolute atomic E-state index is 5.34. The van der Waals surface area contributed by atoms with Crippen LogP contribution < -0.4 is 0 Å². The molecule has 0 saturated carbocycles. The summed E-state index contributed by atoms with van der Waals surface area (Å²) in [6.45, 7) is 7.31. The molecule has 2 heteroatoms. The molecule has 0 aromatic heterocycles. The van der Waals surface area contributed by atoms with Crippen LogP contribution in [0.3, 0.4) is 0 Å². The van der Waals surface area contributed by atoms with E-state index in [1.54, 1.807) is 6.08 Å². The molecule has 82 valence electrons. The Kier molecular flexibility index (Phi) is 5.88. The maximum atomic E-state index is 5.34. The van der Waals surface area contributed by atoms with Gasteiger partial charge in [-0.15, -0.1) is 6.58 Å². The topological polar surface area (TPSA) is 21.8 Å². The zero-order valence-corrected chi connectivity index (χ0v) is 9.21. The second kappa shape index (κ2) is 7.02. The summed E-state index contributed by atoms with van der Waals surface area (Å²) < 4.78 is 10.6. The molecule has 1 fully saturated rings. The van der Waals surface area contributed by atoms with Gasteiger partial charge in [-0.25, -0.2) is 0 Å². The highest BCUT2D eigenvalue weighted by molar-refractivity contribution is 4.79. The maximum Gasteiger partial charge on any atom is 0.0839 e. The third-order valence-corrected chi connectivity index (χ3v) is 2.60. The molecule has 2 unspecified atom stereocenters. The highest BCUT2D eigenvalue weighted by Crippen LogP contribution is 2.26. The first-order valence-electron chi connectivity index (χ1n) is 5.68. The van der Waals surface area contributed by atoms with Crippen molar-refractivity contribution in [3.63, 3.8) is 0 Å². The van der Waals surface area contributed by atoms with E-state index in [4.69, 9.17) is 9.47 Å². The molecule has 1 aliphatic heterocycles. The Morgan fingerprint density at radius 1 is 1.29 bits per heavy atom. The van der Waals surface area contributed by atoms with E-state index in [1.165, 1.54) is 32.1 Å². The number of epoxide rings is 1. The summed E-state index contributed by atoms with van der Waals surface area (Å²) in [5.41, 5.74) is 0. The first kappa shape index (κ1) is 11.7. The van der Waals surface area contributed by atoms with Gasteiger partial charge in [0.2, 0.25) is 0 Å². The zero-order chi connectivity index (χ0) is 10.2. The number of hydrogen-bond donors (Lipinski definition) is 0. The van der Waals surface area contributed by atoms with Crippen LogP contribution in [0.15, 0.2) is 12.7 Å². The van der Waals surface area contributed by atoms with Crippen molar-refractivity contribution < 1.29 is 9.47 Å². The van der Waals surface area contributed by atoms with Gasteiger partial charge in [-0.3, -0.25) is 0 Å². The van der Waals surface area contributed by atoms with Crippen LogP contribution in [0.2, 0.25) is 0 Å². The predicted molar refractivity (Wildman–Crippen MR) is 58.4 cm³/mol. The van der Waals surface area contributed by atoms with Crippen molar-refractivity contribution in [1.82, 2.24) is 0 Å². The van der Waals surface area contributed by atoms with Gasteiger partial charge in [-0.2, -0.15) is 0 Å². The fourth-order valence-corrected chi connectivity index (χ4v) is 1.60. The Balaban J connectivity index is 1.69. The van der Waals surface area contributed by atoms with Crippen molar-refractivity contribution in [1.29, 1.82) is 0 Å². The third-order valence-electron chi connectivity index (χ3n) is 2.60. The fraction of sp³-hybridized carbons (Fsp3) is 0.833. The Morgan fingerprint density at radius 3 is 2.64 bits per heavy atom. The molecule has 14 heavy (non-hydrogen) atoms. The average molecular weight is 198 g/mol. The van der Waals surface area contributed by atoms with Crippen LogP contribution in [0.25, 0.3) is 0 Å². The molecule has 0 bridgehead atoms. The number of rotatable bonds is 9. The average Bonchev–Trinajstić information content (AvgIpc) is 2.87. The van der Waals surface area contributed by atoms with Gasteiger partial charge in [0.05, 0.1) is 18.8 Å². The van der Waals surface area contributed by atoms with Gasteiger partial charge in [0.25, 0.3) is 0 Å². The number of ether oxygens (including phenoxy) is 2. The highest BCUT2D eigenvalue weighted by atomic mass is 16.6. The lowest BCUT2D eigenvalue weighted by Gasteiger charge is -2.00. The molecule has 1 heterocycles. The van der Waals surface area contributed by atoms with Gasteiger partial charge in [0, 0.05) is 6.61 Å². The van der Waals surface area contributed by atoms with Crippen LogP contribution >= 0.6 is 0 Å². The van der Waals surface area contributed by atoms with Crippen molar-refractivity contribution in [2.24, 2.45) is 0 Å². The smallest absolute Gasteiger partial charge is 0.0839 e. The van der Waals surface area contributed by atoms with Crippen LogP contribution in [-0.4, -0.2) is 25.4 Å². The lowest BCUT2D eigenvalue weighted by Crippen LogP contribution is -1.94. The molecule has 2 atom stereocenters. The monoisotopic (exact) mass is 198 g/mol. The van der Waals surface area contributed by atoms with E-state index in [9.17, 15) is 0 Å². The summed E-state index contributed by atoms with van der Waals surface area (Å²) >= 11 is 0. The lowest BCUT2D eigenvalue weighted by atomic mass is 10.1. The molecule has 0 spiro atoms. The largest absolute Gasteiger partial charge is 0.377 e. The highest BCUT2D eigenvalue weighted by Gasteiger charge is 2.32.